The smallest absolute Gasteiger partial charge is 0.347 e. The number of ether oxygens (including phenoxy) is 5. The molecule has 0 aromatic carbocycles. The highest BCUT2D eigenvalue weighted by Gasteiger charge is 2.72. The summed E-state index contributed by atoms with van der Waals surface area (Å²) < 4.78 is 25.3. The van der Waals surface area contributed by atoms with Crippen LogP contribution in [0.5, 0.6) is 0 Å². The Morgan fingerprint density at radius 3 is 1.59 bits per heavy atom. The third kappa shape index (κ3) is 9.74. The number of aliphatic hydroxyl groups is 20. The summed E-state index contributed by atoms with van der Waals surface area (Å²) in [6, 6.07) is 0. The van der Waals surface area contributed by atoms with Crippen molar-refractivity contribution in [2.75, 3.05) is 26.4 Å². The number of ketones is 2. The van der Waals surface area contributed by atoms with Crippen LogP contribution in [0.1, 0.15) is 0 Å². The Balaban J connectivity index is 1.80. The van der Waals surface area contributed by atoms with Gasteiger partial charge in [-0.1, -0.05) is 0 Å². The molecule has 0 aromatic rings. The van der Waals surface area contributed by atoms with Crippen LogP contribution in [0.3, 0.4) is 0 Å². The van der Waals surface area contributed by atoms with E-state index in [1.165, 1.54) is 0 Å². The fourth-order valence-electron chi connectivity index (χ4n) is 6.33. The standard InChI is InChI=1S/C30H50O29/c31-1-5(33)22(47)29(53,24(49)21-16(42)15(41)18(44)25(50)59-21)30(54,28(51)52)23(48)17(43)12(38)9(35)6(34)3-55-26-20(46)14(40)11(37)8(58-26)4-56-27-19(45)13(39)10(36)7(2-32)57-27/h5-22,25-27,31-47,50,53-54H,1-4H2,(H,51,52)/t5?,6-,7-,8-,9-,10-,11-,12+,13+,14+,15?,16?,17-,18?,19-,20-,21?,22?,25?,26+,27+,29?,30?/m1/s1. The lowest BCUT2D eigenvalue weighted by Crippen LogP contribution is -2.79. The van der Waals surface area contributed by atoms with Crippen molar-refractivity contribution in [2.24, 2.45) is 0 Å². The van der Waals surface area contributed by atoms with Gasteiger partial charge >= 0.3 is 5.97 Å². The molecule has 59 heavy (non-hydrogen) atoms. The minimum atomic E-state index is -5.03. The van der Waals surface area contributed by atoms with Gasteiger partial charge in [0.05, 0.1) is 26.4 Å². The molecule has 0 aliphatic carbocycles. The third-order valence-electron chi connectivity index (χ3n) is 10.1. The summed E-state index contributed by atoms with van der Waals surface area (Å²) in [5, 5.41) is 215. The molecule has 9 unspecified atom stereocenters. The summed E-state index contributed by atoms with van der Waals surface area (Å²) in [5.41, 5.74) is -9.85. The molecule has 3 saturated heterocycles. The molecule has 3 fully saturated rings. The van der Waals surface area contributed by atoms with E-state index in [0.29, 0.717) is 0 Å². The molecule has 0 bridgehead atoms. The van der Waals surface area contributed by atoms with E-state index < -0.39 is 184 Å². The Hall–Kier alpha value is -2.19. The van der Waals surface area contributed by atoms with Gasteiger partial charge in [0.15, 0.2) is 25.0 Å². The fraction of sp³-hybridized carbons (Fsp3) is 0.900. The predicted octanol–water partition coefficient (Wildman–Crippen LogP) is -14.7. The number of rotatable bonds is 19. The summed E-state index contributed by atoms with van der Waals surface area (Å²) in [5.74, 6) is -8.49. The molecule has 3 aliphatic heterocycles. The largest absolute Gasteiger partial charge is 0.479 e. The Labute approximate surface area is 329 Å². The van der Waals surface area contributed by atoms with Crippen LogP contribution >= 0.6 is 0 Å². The molecule has 0 amide bonds. The van der Waals surface area contributed by atoms with Crippen LogP contribution in [0, 0.1) is 0 Å². The van der Waals surface area contributed by atoms with E-state index in [9.17, 15) is 122 Å². The number of aliphatic hydroxyl groups excluding tert-OH is 18. The molecule has 0 radical (unpaired) electrons. The van der Waals surface area contributed by atoms with Crippen LogP contribution < -0.4 is 0 Å². The molecule has 23 atom stereocenters. The minimum Gasteiger partial charge on any atom is -0.479 e. The monoisotopic (exact) mass is 874 g/mol. The summed E-state index contributed by atoms with van der Waals surface area (Å²) in [4.78, 5) is 39.5. The number of carbonyl (C=O) groups excluding carboxylic acids is 2. The highest BCUT2D eigenvalue weighted by Crippen LogP contribution is 2.37. The number of hydrogen-bond acceptors (Lipinski definition) is 28. The quantitative estimate of drug-likeness (QED) is 0.0536. The Morgan fingerprint density at radius 1 is 0.593 bits per heavy atom. The van der Waals surface area contributed by atoms with Gasteiger partial charge in [-0.3, -0.25) is 9.59 Å². The van der Waals surface area contributed by atoms with Crippen molar-refractivity contribution < 1.29 is 145 Å². The van der Waals surface area contributed by atoms with Crippen molar-refractivity contribution >= 4 is 17.5 Å². The maximum absolute atomic E-state index is 13.6. The van der Waals surface area contributed by atoms with Crippen LogP contribution in [-0.2, 0) is 38.1 Å². The molecule has 344 valence electrons. The summed E-state index contributed by atoms with van der Waals surface area (Å²) in [7, 11) is 0. The first-order valence-corrected chi connectivity index (χ1v) is 17.3. The van der Waals surface area contributed by atoms with E-state index in [1.807, 2.05) is 0 Å². The maximum Gasteiger partial charge on any atom is 0.347 e. The third-order valence-corrected chi connectivity index (χ3v) is 10.1. The average Bonchev–Trinajstić information content (AvgIpc) is 3.22. The lowest BCUT2D eigenvalue weighted by Gasteiger charge is -2.46. The number of carboxylic acids is 1. The van der Waals surface area contributed by atoms with Gasteiger partial charge < -0.3 is 131 Å². The van der Waals surface area contributed by atoms with Gasteiger partial charge in [-0.2, -0.15) is 0 Å². The van der Waals surface area contributed by atoms with Crippen molar-refractivity contribution in [3.05, 3.63) is 0 Å². The Bertz CT molecular complexity index is 1410. The average molecular weight is 875 g/mol. The first-order valence-electron chi connectivity index (χ1n) is 17.3. The fourth-order valence-corrected chi connectivity index (χ4v) is 6.33. The molecule has 0 aromatic heterocycles. The molecule has 3 rings (SSSR count). The molecular weight excluding hydrogens is 824 g/mol. The second kappa shape index (κ2) is 20.3. The van der Waals surface area contributed by atoms with Gasteiger partial charge in [0.2, 0.25) is 17.2 Å². The van der Waals surface area contributed by atoms with Gasteiger partial charge in [-0.05, 0) is 0 Å². The molecule has 29 heteroatoms. The van der Waals surface area contributed by atoms with Gasteiger partial charge in [0, 0.05) is 0 Å². The first kappa shape index (κ1) is 51.2. The second-order valence-electron chi connectivity index (χ2n) is 14.0. The van der Waals surface area contributed by atoms with Gasteiger partial charge in [-0.15, -0.1) is 0 Å². The number of carbonyl (C=O) groups is 3. The number of hydrogen-bond donors (Lipinski definition) is 21. The number of carboxylic acid groups (broad SMARTS) is 1. The summed E-state index contributed by atoms with van der Waals surface area (Å²) >= 11 is 0. The lowest BCUT2D eigenvalue weighted by molar-refractivity contribution is -0.333. The SMILES string of the molecule is O=C(O)C(O)(C(=O)[C@H](O)[C@@H](O)[C@H](O)[C@H](O)CO[C@H]1O[C@H](CO[C@H]2O[C@H](CO)[C@@H](O)[C@H](O)[C@H]2O)[C@@H](O)[C@H](O)[C@H]1O)C(O)(C(=O)C1OC(O)C(O)C(O)C1O)C(O)C(O)CO. The molecule has 3 heterocycles. The van der Waals surface area contributed by atoms with Crippen LogP contribution in [0.4, 0.5) is 0 Å². The van der Waals surface area contributed by atoms with Crippen molar-refractivity contribution in [1.82, 2.24) is 0 Å². The summed E-state index contributed by atoms with van der Waals surface area (Å²) in [6.07, 6.45) is -50.8. The molecular formula is C30H50O29. The number of Topliss-reactive ketones (excluding diaryl/α,β-unsaturated/α-hetero) is 2. The highest BCUT2D eigenvalue weighted by atomic mass is 16.7. The van der Waals surface area contributed by atoms with Crippen LogP contribution in [-0.4, -0.2) is 291 Å². The van der Waals surface area contributed by atoms with Gasteiger partial charge in [-0.25, -0.2) is 4.79 Å². The Morgan fingerprint density at radius 2 is 1.08 bits per heavy atom. The molecule has 29 nitrogen and oxygen atoms in total. The minimum absolute atomic E-state index is 0.840. The van der Waals surface area contributed by atoms with Crippen molar-refractivity contribution in [2.45, 2.75) is 140 Å². The zero-order valence-electron chi connectivity index (χ0n) is 30.1. The van der Waals surface area contributed by atoms with E-state index in [2.05, 4.69) is 4.74 Å². The van der Waals surface area contributed by atoms with Crippen molar-refractivity contribution in [3.63, 3.8) is 0 Å². The van der Waals surface area contributed by atoms with E-state index in [0.717, 1.165) is 0 Å². The molecule has 0 saturated carbocycles. The van der Waals surface area contributed by atoms with Crippen molar-refractivity contribution in [3.8, 4) is 0 Å². The van der Waals surface area contributed by atoms with Gasteiger partial charge in [0.1, 0.15) is 104 Å². The summed E-state index contributed by atoms with van der Waals surface area (Å²) in [6.45, 7) is -4.69. The van der Waals surface area contributed by atoms with Crippen molar-refractivity contribution in [1.29, 1.82) is 0 Å². The zero-order chi connectivity index (χ0) is 45.2. The van der Waals surface area contributed by atoms with E-state index in [4.69, 9.17) is 18.9 Å². The van der Waals surface area contributed by atoms with Gasteiger partial charge in [0.25, 0.3) is 5.60 Å². The highest BCUT2D eigenvalue weighted by molar-refractivity contribution is 6.16. The topological polar surface area (TPSA) is 522 Å². The molecule has 3 aliphatic rings. The van der Waals surface area contributed by atoms with E-state index >= 15 is 0 Å². The number of aliphatic carboxylic acids is 1. The van der Waals surface area contributed by atoms with E-state index in [-0.39, 0.29) is 0 Å². The van der Waals surface area contributed by atoms with Crippen LogP contribution in [0.2, 0.25) is 0 Å². The Kier molecular flexibility index (Phi) is 17.6. The second-order valence-corrected chi connectivity index (χ2v) is 14.0. The molecule has 0 spiro atoms. The zero-order valence-corrected chi connectivity index (χ0v) is 30.1. The van der Waals surface area contributed by atoms with Crippen LogP contribution in [0.15, 0.2) is 0 Å². The maximum atomic E-state index is 13.6. The predicted molar refractivity (Wildman–Crippen MR) is 172 cm³/mol. The lowest BCUT2D eigenvalue weighted by atomic mass is 9.67. The van der Waals surface area contributed by atoms with Crippen LogP contribution in [0.25, 0.3) is 0 Å². The van der Waals surface area contributed by atoms with E-state index in [1.54, 1.807) is 0 Å². The molecule has 21 N–H and O–H groups in total. The normalized spacial score (nSPS) is 40.7. The first-order chi connectivity index (χ1) is 27.3.